The van der Waals surface area contributed by atoms with Crippen molar-refractivity contribution in [3.05, 3.63) is 35.4 Å². The minimum absolute atomic E-state index is 0.372. The van der Waals surface area contributed by atoms with Gasteiger partial charge < -0.3 is 9.62 Å². The van der Waals surface area contributed by atoms with Crippen molar-refractivity contribution < 1.29 is 19.3 Å². The number of rotatable bonds is 2. The summed E-state index contributed by atoms with van der Waals surface area (Å²) in [6, 6.07) is 5.55. The van der Waals surface area contributed by atoms with Crippen LogP contribution in [0.25, 0.3) is 6.08 Å². The Hall–Kier alpha value is -1.81. The van der Waals surface area contributed by atoms with Gasteiger partial charge in [0.15, 0.2) is 5.75 Å². The van der Waals surface area contributed by atoms with Gasteiger partial charge in [0.1, 0.15) is 6.61 Å². The van der Waals surface area contributed by atoms with Gasteiger partial charge in [-0.05, 0) is 23.8 Å². The number of benzene rings is 1. The molecule has 4 nitrogen and oxygen atoms in total. The zero-order valence-corrected chi connectivity index (χ0v) is 8.23. The van der Waals surface area contributed by atoms with E-state index in [4.69, 9.17) is 9.78 Å². The molecule has 0 unspecified atom stereocenters. The lowest BCUT2D eigenvalue weighted by atomic mass is 10.1. The van der Waals surface area contributed by atoms with Gasteiger partial charge >= 0.3 is 5.97 Å². The van der Waals surface area contributed by atoms with E-state index in [2.05, 4.69) is 4.74 Å². The van der Waals surface area contributed by atoms with Crippen LogP contribution in [-0.4, -0.2) is 13.1 Å². The largest absolute Gasteiger partial charge is 0.466 e. The molecule has 1 aromatic rings. The molecule has 0 fully saturated rings. The van der Waals surface area contributed by atoms with E-state index in [0.29, 0.717) is 6.61 Å². The molecule has 1 aliphatic heterocycles. The lowest BCUT2D eigenvalue weighted by Crippen LogP contribution is -1.93. The Kier molecular flexibility index (Phi) is 2.69. The molecule has 1 aromatic carbocycles. The van der Waals surface area contributed by atoms with Crippen molar-refractivity contribution in [1.29, 1.82) is 0 Å². The molecule has 0 aromatic heterocycles. The summed E-state index contributed by atoms with van der Waals surface area (Å²) in [6.45, 7) is 0.440. The second-order valence-corrected chi connectivity index (χ2v) is 3.07. The SMILES string of the molecule is COC(=O)C=Cc1ccc2c(c1)COO2. The molecule has 0 N–H and O–H groups in total. The van der Waals surface area contributed by atoms with Crippen LogP contribution in [0.15, 0.2) is 24.3 Å². The number of carbonyl (C=O) groups excluding carboxylic acids is 1. The third kappa shape index (κ3) is 2.16. The number of hydrogen-bond donors (Lipinski definition) is 0. The van der Waals surface area contributed by atoms with Gasteiger partial charge in [-0.3, -0.25) is 0 Å². The number of carbonyl (C=O) groups is 1. The third-order valence-corrected chi connectivity index (χ3v) is 2.06. The van der Waals surface area contributed by atoms with Gasteiger partial charge in [0, 0.05) is 11.6 Å². The molecule has 2 rings (SSSR count). The number of methoxy groups -OCH3 is 1. The summed E-state index contributed by atoms with van der Waals surface area (Å²) >= 11 is 0. The predicted octanol–water partition coefficient (Wildman–Crippen LogP) is 1.70. The Labute approximate surface area is 87.0 Å². The van der Waals surface area contributed by atoms with Crippen LogP contribution in [0.1, 0.15) is 11.1 Å². The van der Waals surface area contributed by atoms with Crippen LogP contribution < -0.4 is 4.89 Å². The van der Waals surface area contributed by atoms with Gasteiger partial charge in [0.25, 0.3) is 0 Å². The molecule has 0 spiro atoms. The van der Waals surface area contributed by atoms with E-state index in [-0.39, 0.29) is 5.97 Å². The maximum absolute atomic E-state index is 10.9. The second kappa shape index (κ2) is 4.14. The number of esters is 1. The molecule has 4 heteroatoms. The molecule has 78 valence electrons. The van der Waals surface area contributed by atoms with Gasteiger partial charge in [0.05, 0.1) is 7.11 Å². The molecule has 1 heterocycles. The van der Waals surface area contributed by atoms with Crippen LogP contribution in [0, 0.1) is 0 Å². The van der Waals surface area contributed by atoms with E-state index < -0.39 is 0 Å². The smallest absolute Gasteiger partial charge is 0.330 e. The fourth-order valence-corrected chi connectivity index (χ4v) is 1.29. The zero-order chi connectivity index (χ0) is 10.7. The maximum Gasteiger partial charge on any atom is 0.330 e. The molecule has 0 aliphatic carbocycles. The van der Waals surface area contributed by atoms with Crippen molar-refractivity contribution >= 4 is 12.0 Å². The third-order valence-electron chi connectivity index (χ3n) is 2.06. The Morgan fingerprint density at radius 3 is 3.20 bits per heavy atom. The first kappa shape index (κ1) is 9.73. The molecule has 0 radical (unpaired) electrons. The first-order valence-electron chi connectivity index (χ1n) is 4.48. The Bertz CT molecular complexity index is 409. The highest BCUT2D eigenvalue weighted by atomic mass is 17.2. The molecular weight excluding hydrogens is 196 g/mol. The summed E-state index contributed by atoms with van der Waals surface area (Å²) in [5.41, 5.74) is 1.88. The molecule has 1 aliphatic rings. The van der Waals surface area contributed by atoms with Gasteiger partial charge in [-0.1, -0.05) is 6.07 Å². The highest BCUT2D eigenvalue weighted by Crippen LogP contribution is 2.26. The standard InChI is InChI=1S/C11H10O4/c1-13-11(12)5-3-8-2-4-10-9(6-8)7-14-15-10/h2-6H,7H2,1H3. The molecular formula is C11H10O4. The van der Waals surface area contributed by atoms with E-state index in [0.717, 1.165) is 16.9 Å². The maximum atomic E-state index is 10.9. The molecule has 0 saturated carbocycles. The first-order chi connectivity index (χ1) is 7.29. The van der Waals surface area contributed by atoms with Crippen LogP contribution in [0.5, 0.6) is 5.75 Å². The summed E-state index contributed by atoms with van der Waals surface area (Å²) in [4.78, 5) is 20.5. The van der Waals surface area contributed by atoms with Crippen LogP contribution in [0.4, 0.5) is 0 Å². The van der Waals surface area contributed by atoms with E-state index in [1.54, 1.807) is 12.1 Å². The van der Waals surface area contributed by atoms with Gasteiger partial charge in [-0.2, -0.15) is 4.89 Å². The summed E-state index contributed by atoms with van der Waals surface area (Å²) in [5.74, 6) is 0.355. The molecule has 0 saturated heterocycles. The summed E-state index contributed by atoms with van der Waals surface area (Å²) in [5, 5.41) is 0. The predicted molar refractivity (Wildman–Crippen MR) is 52.9 cm³/mol. The minimum atomic E-state index is -0.372. The first-order valence-corrected chi connectivity index (χ1v) is 4.48. The van der Waals surface area contributed by atoms with Crippen molar-refractivity contribution in [2.75, 3.05) is 7.11 Å². The van der Waals surface area contributed by atoms with E-state index in [1.807, 2.05) is 12.1 Å². The zero-order valence-electron chi connectivity index (χ0n) is 8.23. The van der Waals surface area contributed by atoms with Crippen LogP contribution >= 0.6 is 0 Å². The lowest BCUT2D eigenvalue weighted by molar-refractivity contribution is -0.194. The quantitative estimate of drug-likeness (QED) is 0.419. The van der Waals surface area contributed by atoms with Crippen LogP contribution in [-0.2, 0) is 21.0 Å². The summed E-state index contributed by atoms with van der Waals surface area (Å²) in [6.07, 6.45) is 3.06. The Morgan fingerprint density at radius 1 is 1.53 bits per heavy atom. The van der Waals surface area contributed by atoms with Crippen molar-refractivity contribution in [3.8, 4) is 5.75 Å². The normalized spacial score (nSPS) is 13.7. The molecule has 0 amide bonds. The van der Waals surface area contributed by atoms with E-state index in [1.165, 1.54) is 13.2 Å². The molecule has 0 bridgehead atoms. The Morgan fingerprint density at radius 2 is 2.40 bits per heavy atom. The average Bonchev–Trinajstić information content (AvgIpc) is 2.72. The number of ether oxygens (including phenoxy) is 1. The monoisotopic (exact) mass is 206 g/mol. The van der Waals surface area contributed by atoms with E-state index in [9.17, 15) is 4.79 Å². The number of fused-ring (bicyclic) bond motifs is 1. The van der Waals surface area contributed by atoms with Crippen LogP contribution in [0.2, 0.25) is 0 Å². The summed E-state index contributed by atoms with van der Waals surface area (Å²) in [7, 11) is 1.34. The fraction of sp³-hybridized carbons (Fsp3) is 0.182. The van der Waals surface area contributed by atoms with Crippen LogP contribution in [0.3, 0.4) is 0 Å². The van der Waals surface area contributed by atoms with Gasteiger partial charge in [0.2, 0.25) is 0 Å². The summed E-state index contributed by atoms with van der Waals surface area (Å²) < 4.78 is 4.49. The Balaban J connectivity index is 2.16. The highest BCUT2D eigenvalue weighted by Gasteiger charge is 2.12. The highest BCUT2D eigenvalue weighted by molar-refractivity contribution is 5.86. The van der Waals surface area contributed by atoms with Crippen molar-refractivity contribution in [2.45, 2.75) is 6.61 Å². The van der Waals surface area contributed by atoms with E-state index >= 15 is 0 Å². The number of hydrogen-bond acceptors (Lipinski definition) is 4. The minimum Gasteiger partial charge on any atom is -0.466 e. The topological polar surface area (TPSA) is 44.8 Å². The molecule has 15 heavy (non-hydrogen) atoms. The second-order valence-electron chi connectivity index (χ2n) is 3.07. The average molecular weight is 206 g/mol. The fourth-order valence-electron chi connectivity index (χ4n) is 1.29. The van der Waals surface area contributed by atoms with Gasteiger partial charge in [-0.25, -0.2) is 4.79 Å². The van der Waals surface area contributed by atoms with Crippen molar-refractivity contribution in [1.82, 2.24) is 0 Å². The van der Waals surface area contributed by atoms with Crippen molar-refractivity contribution in [2.24, 2.45) is 0 Å². The van der Waals surface area contributed by atoms with Gasteiger partial charge in [-0.15, -0.1) is 0 Å². The molecule has 0 atom stereocenters. The van der Waals surface area contributed by atoms with Crippen molar-refractivity contribution in [3.63, 3.8) is 0 Å². The lowest BCUT2D eigenvalue weighted by Gasteiger charge is -1.96.